The summed E-state index contributed by atoms with van der Waals surface area (Å²) in [7, 11) is 0. The molecule has 0 spiro atoms. The minimum atomic E-state index is -0.549. The molecule has 3 N–H and O–H groups in total. The zero-order valence-electron chi connectivity index (χ0n) is 21.1. The Morgan fingerprint density at radius 3 is 2.78 bits per heavy atom. The number of nitrogens with zero attached hydrogens (tertiary/aromatic N) is 1. The summed E-state index contributed by atoms with van der Waals surface area (Å²) in [5, 5.41) is 20.3. The standard InChI is InChI=1S/C30H36N2O4/c1-2-3-5-10-25(33)17-26(34)13-11-23-12-14-29(35)30(16-23)36-21-32-19-27-24(18-31-28(27)20-32)15-22-8-6-4-7-9-22/h4,6-9,12,14,16,18,20,25,33,35H,2-3,5,10-11,13,15,17,19,21H2,1H3/p+1. The second kappa shape index (κ2) is 12.7. The number of benzene rings is 2. The minimum absolute atomic E-state index is 0.0642. The molecule has 0 amide bonds. The molecule has 0 saturated carbocycles. The summed E-state index contributed by atoms with van der Waals surface area (Å²) in [6.45, 7) is 3.30. The van der Waals surface area contributed by atoms with Gasteiger partial charge in [0, 0.05) is 24.6 Å². The van der Waals surface area contributed by atoms with E-state index in [9.17, 15) is 15.0 Å². The molecule has 0 saturated heterocycles. The van der Waals surface area contributed by atoms with Crippen LogP contribution in [0.1, 0.15) is 56.6 Å². The largest absolute Gasteiger partial charge is 0.504 e. The van der Waals surface area contributed by atoms with Gasteiger partial charge in [-0.05, 0) is 48.1 Å². The van der Waals surface area contributed by atoms with Crippen LogP contribution < -0.4 is 9.64 Å². The number of aromatic hydroxyl groups is 1. The third kappa shape index (κ3) is 7.15. The van der Waals surface area contributed by atoms with E-state index in [1.54, 1.807) is 6.07 Å². The van der Waals surface area contributed by atoms with Crippen LogP contribution >= 0.6 is 0 Å². The van der Waals surface area contributed by atoms with E-state index in [2.05, 4.69) is 42.4 Å². The molecule has 2 heterocycles. The molecule has 4 rings (SSSR count). The molecule has 2 aliphatic rings. The molecular weight excluding hydrogens is 452 g/mol. The van der Waals surface area contributed by atoms with Crippen LogP contribution in [0.15, 0.2) is 76.6 Å². The minimum Gasteiger partial charge on any atom is -0.504 e. The number of unbranched alkanes of at least 4 members (excludes halogenated alkanes) is 2. The fourth-order valence-electron chi connectivity index (χ4n) is 4.71. The van der Waals surface area contributed by atoms with E-state index in [-0.39, 0.29) is 18.0 Å². The van der Waals surface area contributed by atoms with Gasteiger partial charge in [-0.1, -0.05) is 62.6 Å². The van der Waals surface area contributed by atoms with Crippen molar-refractivity contribution < 1.29 is 24.6 Å². The maximum atomic E-state index is 12.3. The van der Waals surface area contributed by atoms with Gasteiger partial charge in [0.2, 0.25) is 6.73 Å². The highest BCUT2D eigenvalue weighted by atomic mass is 16.5. The predicted molar refractivity (Wildman–Crippen MR) is 141 cm³/mol. The topological polar surface area (TPSA) is 83.6 Å². The maximum absolute atomic E-state index is 12.3. The number of aliphatic hydroxyl groups excluding tert-OH is 1. The van der Waals surface area contributed by atoms with Crippen LogP contribution in [0.25, 0.3) is 0 Å². The molecule has 0 bridgehead atoms. The van der Waals surface area contributed by atoms with E-state index in [1.165, 1.54) is 16.7 Å². The number of aliphatic imine (C=N–C) groups is 1. The van der Waals surface area contributed by atoms with Gasteiger partial charge in [0.15, 0.2) is 11.5 Å². The molecule has 2 aromatic carbocycles. The molecule has 2 aromatic rings. The van der Waals surface area contributed by atoms with Crippen molar-refractivity contribution in [3.8, 4) is 11.5 Å². The molecular formula is C30H37N2O4+. The second-order valence-corrected chi connectivity index (χ2v) is 9.77. The number of quaternary nitrogens is 1. The summed E-state index contributed by atoms with van der Waals surface area (Å²) < 4.78 is 5.98. The number of hydrogen-bond acceptors (Lipinski definition) is 5. The van der Waals surface area contributed by atoms with E-state index < -0.39 is 6.10 Å². The molecule has 0 aromatic heterocycles. The first kappa shape index (κ1) is 25.9. The number of allylic oxidation sites excluding steroid dienone is 1. The van der Waals surface area contributed by atoms with Gasteiger partial charge >= 0.3 is 0 Å². The van der Waals surface area contributed by atoms with Crippen molar-refractivity contribution in [3.05, 3.63) is 82.7 Å². The first-order valence-corrected chi connectivity index (χ1v) is 13.0. The molecule has 190 valence electrons. The molecule has 36 heavy (non-hydrogen) atoms. The summed E-state index contributed by atoms with van der Waals surface area (Å²) in [5.41, 5.74) is 5.70. The average molecular weight is 490 g/mol. The van der Waals surface area contributed by atoms with Gasteiger partial charge in [-0.25, -0.2) is 0 Å². The number of fused-ring (bicyclic) bond motifs is 1. The Labute approximate surface area is 213 Å². The highest BCUT2D eigenvalue weighted by Gasteiger charge is 2.29. The van der Waals surface area contributed by atoms with Crippen molar-refractivity contribution in [3.63, 3.8) is 0 Å². The first-order valence-electron chi connectivity index (χ1n) is 13.0. The van der Waals surface area contributed by atoms with Crippen LogP contribution in [-0.4, -0.2) is 41.6 Å². The quantitative estimate of drug-likeness (QED) is 0.351. The fraction of sp³-hybridized carbons (Fsp3) is 0.400. The lowest BCUT2D eigenvalue weighted by Crippen LogP contribution is -3.07. The average Bonchev–Trinajstić information content (AvgIpc) is 3.45. The first-order chi connectivity index (χ1) is 17.5. The van der Waals surface area contributed by atoms with Crippen molar-refractivity contribution in [1.29, 1.82) is 0 Å². The van der Waals surface area contributed by atoms with Crippen LogP contribution in [0.4, 0.5) is 0 Å². The maximum Gasteiger partial charge on any atom is 0.227 e. The van der Waals surface area contributed by atoms with E-state index in [0.29, 0.717) is 31.7 Å². The Kier molecular flexibility index (Phi) is 9.09. The van der Waals surface area contributed by atoms with Crippen LogP contribution in [0.3, 0.4) is 0 Å². The van der Waals surface area contributed by atoms with Gasteiger partial charge in [0.05, 0.1) is 6.10 Å². The van der Waals surface area contributed by atoms with Crippen LogP contribution in [0, 0.1) is 0 Å². The van der Waals surface area contributed by atoms with Crippen molar-refractivity contribution in [2.75, 3.05) is 13.3 Å². The van der Waals surface area contributed by atoms with Gasteiger partial charge in [0.25, 0.3) is 0 Å². The molecule has 2 atom stereocenters. The van der Waals surface area contributed by atoms with Crippen LogP contribution in [0.5, 0.6) is 11.5 Å². The Morgan fingerprint density at radius 1 is 1.14 bits per heavy atom. The van der Waals surface area contributed by atoms with Gasteiger partial charge in [-0.2, -0.15) is 0 Å². The van der Waals surface area contributed by atoms with Crippen LogP contribution in [-0.2, 0) is 17.6 Å². The number of ether oxygens (including phenoxy) is 1. The van der Waals surface area contributed by atoms with E-state index in [4.69, 9.17) is 4.74 Å². The third-order valence-corrected chi connectivity index (χ3v) is 6.77. The summed E-state index contributed by atoms with van der Waals surface area (Å²) >= 11 is 0. The molecule has 0 fully saturated rings. The summed E-state index contributed by atoms with van der Waals surface area (Å²) in [5.74, 6) is 0.573. The number of Topliss-reactive ketones (excluding diaryl/α,β-unsaturated/α-hetero) is 1. The van der Waals surface area contributed by atoms with Gasteiger partial charge in [-0.15, -0.1) is 0 Å². The Hall–Kier alpha value is -3.22. The fourth-order valence-corrected chi connectivity index (χ4v) is 4.71. The van der Waals surface area contributed by atoms with E-state index >= 15 is 0 Å². The number of carbonyl (C=O) groups excluding carboxylic acids is 1. The number of phenols is 1. The molecule has 2 unspecified atom stereocenters. The van der Waals surface area contributed by atoms with E-state index in [1.807, 2.05) is 24.4 Å². The Balaban J connectivity index is 1.27. The lowest BCUT2D eigenvalue weighted by molar-refractivity contribution is -0.855. The normalized spacial score (nSPS) is 17.3. The number of ketones is 1. The monoisotopic (exact) mass is 489 g/mol. The van der Waals surface area contributed by atoms with Gasteiger partial charge in [-0.3, -0.25) is 14.7 Å². The Morgan fingerprint density at radius 2 is 1.97 bits per heavy atom. The lowest BCUT2D eigenvalue weighted by atomic mass is 10.0. The van der Waals surface area contributed by atoms with Gasteiger partial charge in [0.1, 0.15) is 24.2 Å². The SMILES string of the molecule is CCCCCC(O)CC(=O)CCc1ccc(O)c(OC[NH+]2C=C3N=CC(Cc4ccccc4)=C3C2)c1. The summed E-state index contributed by atoms with van der Waals surface area (Å²) in [6, 6.07) is 15.6. The summed E-state index contributed by atoms with van der Waals surface area (Å²) in [4.78, 5) is 18.0. The summed E-state index contributed by atoms with van der Waals surface area (Å²) in [6.07, 6.45) is 9.32. The smallest absolute Gasteiger partial charge is 0.227 e. The van der Waals surface area contributed by atoms with Crippen LogP contribution in [0.2, 0.25) is 0 Å². The molecule has 2 aliphatic heterocycles. The molecule has 0 radical (unpaired) electrons. The number of rotatable bonds is 14. The lowest BCUT2D eigenvalue weighted by Gasteiger charge is -2.14. The number of nitrogens with one attached hydrogen (secondary N) is 1. The number of aliphatic hydroxyl groups is 1. The predicted octanol–water partition coefficient (Wildman–Crippen LogP) is 3.93. The molecule has 0 aliphatic carbocycles. The third-order valence-electron chi connectivity index (χ3n) is 6.77. The number of hydrogen-bond donors (Lipinski definition) is 3. The number of carbonyl (C=O) groups is 1. The molecule has 6 heteroatoms. The van der Waals surface area contributed by atoms with Crippen molar-refractivity contribution in [2.45, 2.75) is 64.4 Å². The highest BCUT2D eigenvalue weighted by Crippen LogP contribution is 2.28. The van der Waals surface area contributed by atoms with Crippen molar-refractivity contribution in [2.24, 2.45) is 4.99 Å². The number of phenolic OH excluding ortho intramolecular Hbond substituents is 1. The molecule has 6 nitrogen and oxygen atoms in total. The van der Waals surface area contributed by atoms with Crippen molar-refractivity contribution >= 4 is 12.0 Å². The zero-order valence-corrected chi connectivity index (χ0v) is 21.1. The Bertz CT molecular complexity index is 1140. The highest BCUT2D eigenvalue weighted by molar-refractivity contribution is 5.87. The van der Waals surface area contributed by atoms with E-state index in [0.717, 1.165) is 48.4 Å². The zero-order chi connectivity index (χ0) is 25.3. The van der Waals surface area contributed by atoms with Gasteiger partial charge < -0.3 is 14.9 Å². The number of aryl methyl sites for hydroxylation is 1. The van der Waals surface area contributed by atoms with Crippen molar-refractivity contribution in [1.82, 2.24) is 0 Å². The second-order valence-electron chi connectivity index (χ2n) is 9.77.